The Morgan fingerprint density at radius 3 is 2.83 bits per heavy atom. The number of benzene rings is 2. The van der Waals surface area contributed by atoms with Gasteiger partial charge in [-0.05, 0) is 48.7 Å². The molecule has 0 aromatic heterocycles. The van der Waals surface area contributed by atoms with Crippen LogP contribution in [0.5, 0.6) is 17.2 Å². The van der Waals surface area contributed by atoms with E-state index < -0.39 is 6.61 Å². The average Bonchev–Trinajstić information content (AvgIpc) is 3.20. The molecule has 0 fully saturated rings. The van der Waals surface area contributed by atoms with Gasteiger partial charge in [0.1, 0.15) is 17.2 Å². The molecule has 6 nitrogen and oxygen atoms in total. The first-order valence-corrected chi connectivity index (χ1v) is 9.97. The third-order valence-electron chi connectivity index (χ3n) is 4.70. The number of fused-ring (bicyclic) bond motifs is 1. The number of ether oxygens (including phenoxy) is 3. The molecule has 3 rings (SSSR count). The Hall–Kier alpha value is -3.03. The quantitative estimate of drug-likeness (QED) is 0.481. The second kappa shape index (κ2) is 10.7. The van der Waals surface area contributed by atoms with E-state index in [9.17, 15) is 8.78 Å². The van der Waals surface area contributed by atoms with Crippen LogP contribution in [0.25, 0.3) is 0 Å². The van der Waals surface area contributed by atoms with Gasteiger partial charge >= 0.3 is 6.61 Å². The summed E-state index contributed by atoms with van der Waals surface area (Å²) in [5.41, 5.74) is 2.99. The summed E-state index contributed by atoms with van der Waals surface area (Å²) >= 11 is 0. The Balaban J connectivity index is 1.62. The molecule has 0 bridgehead atoms. The highest BCUT2D eigenvalue weighted by Crippen LogP contribution is 2.27. The molecule has 0 unspecified atom stereocenters. The first kappa shape index (κ1) is 21.7. The van der Waals surface area contributed by atoms with E-state index in [1.807, 2.05) is 13.0 Å². The van der Waals surface area contributed by atoms with Gasteiger partial charge in [-0.3, -0.25) is 0 Å². The Bertz CT molecular complexity index is 875. The lowest BCUT2D eigenvalue weighted by Crippen LogP contribution is -2.38. The maximum absolute atomic E-state index is 12.7. The van der Waals surface area contributed by atoms with Crippen molar-refractivity contribution >= 4 is 5.96 Å². The Labute approximate surface area is 175 Å². The predicted molar refractivity (Wildman–Crippen MR) is 112 cm³/mol. The maximum atomic E-state index is 12.7. The minimum absolute atomic E-state index is 0.0887. The van der Waals surface area contributed by atoms with Crippen molar-refractivity contribution in [2.75, 3.05) is 26.8 Å². The van der Waals surface area contributed by atoms with Crippen LogP contribution in [-0.2, 0) is 19.4 Å². The fraction of sp³-hybridized carbons (Fsp3) is 0.409. The molecule has 1 aliphatic heterocycles. The van der Waals surface area contributed by atoms with Crippen LogP contribution in [0.15, 0.2) is 41.4 Å². The molecule has 2 aromatic carbocycles. The number of hydrogen-bond donors (Lipinski definition) is 2. The summed E-state index contributed by atoms with van der Waals surface area (Å²) in [4.78, 5) is 4.51. The van der Waals surface area contributed by atoms with E-state index in [0.717, 1.165) is 25.2 Å². The third-order valence-corrected chi connectivity index (χ3v) is 4.70. The molecule has 1 heterocycles. The fourth-order valence-electron chi connectivity index (χ4n) is 3.24. The van der Waals surface area contributed by atoms with Crippen LogP contribution in [0.3, 0.4) is 0 Å². The van der Waals surface area contributed by atoms with Crippen molar-refractivity contribution in [3.05, 3.63) is 53.1 Å². The van der Waals surface area contributed by atoms with Gasteiger partial charge in [-0.2, -0.15) is 8.78 Å². The van der Waals surface area contributed by atoms with Gasteiger partial charge in [-0.1, -0.05) is 12.1 Å². The van der Waals surface area contributed by atoms with Gasteiger partial charge in [0.2, 0.25) is 0 Å². The highest BCUT2D eigenvalue weighted by molar-refractivity contribution is 5.79. The number of aliphatic imine (C=N–C) groups is 1. The maximum Gasteiger partial charge on any atom is 0.387 e. The van der Waals surface area contributed by atoms with E-state index in [2.05, 4.69) is 32.5 Å². The van der Waals surface area contributed by atoms with Crippen LogP contribution in [0.2, 0.25) is 0 Å². The van der Waals surface area contributed by atoms with E-state index in [0.29, 0.717) is 30.4 Å². The zero-order valence-electron chi connectivity index (χ0n) is 17.2. The summed E-state index contributed by atoms with van der Waals surface area (Å²) in [6.45, 7) is 1.35. The largest absolute Gasteiger partial charge is 0.497 e. The minimum Gasteiger partial charge on any atom is -0.497 e. The van der Waals surface area contributed by atoms with Crippen molar-refractivity contribution in [2.45, 2.75) is 32.9 Å². The number of alkyl halides is 2. The molecule has 162 valence electrons. The van der Waals surface area contributed by atoms with Crippen LogP contribution in [-0.4, -0.2) is 39.4 Å². The smallest absolute Gasteiger partial charge is 0.387 e. The average molecular weight is 419 g/mol. The first-order chi connectivity index (χ1) is 14.6. The zero-order chi connectivity index (χ0) is 21.3. The topological polar surface area (TPSA) is 64.1 Å². The summed E-state index contributed by atoms with van der Waals surface area (Å²) < 4.78 is 40.7. The van der Waals surface area contributed by atoms with Gasteiger partial charge in [0.05, 0.1) is 20.3 Å². The predicted octanol–water partition coefficient (Wildman–Crippen LogP) is 3.53. The molecular formula is C22H27F2N3O3. The summed E-state index contributed by atoms with van der Waals surface area (Å²) in [6, 6.07) is 11.0. The second-order valence-electron chi connectivity index (χ2n) is 6.76. The number of halogens is 2. The zero-order valence-corrected chi connectivity index (χ0v) is 17.2. The van der Waals surface area contributed by atoms with Gasteiger partial charge in [0, 0.05) is 25.1 Å². The molecule has 0 saturated heterocycles. The molecule has 2 N–H and O–H groups in total. The van der Waals surface area contributed by atoms with Crippen molar-refractivity contribution in [3.63, 3.8) is 0 Å². The van der Waals surface area contributed by atoms with Gasteiger partial charge in [-0.25, -0.2) is 4.99 Å². The second-order valence-corrected chi connectivity index (χ2v) is 6.76. The lowest BCUT2D eigenvalue weighted by Gasteiger charge is -2.14. The molecule has 0 atom stereocenters. The molecule has 8 heteroatoms. The minimum atomic E-state index is -2.90. The van der Waals surface area contributed by atoms with Gasteiger partial charge in [0.15, 0.2) is 5.96 Å². The van der Waals surface area contributed by atoms with E-state index in [-0.39, 0.29) is 12.3 Å². The Kier molecular flexibility index (Phi) is 7.70. The molecule has 1 aliphatic rings. The lowest BCUT2D eigenvalue weighted by molar-refractivity contribution is -0.0504. The lowest BCUT2D eigenvalue weighted by atomic mass is 10.1. The number of methoxy groups -OCH3 is 1. The number of hydrogen-bond acceptors (Lipinski definition) is 4. The van der Waals surface area contributed by atoms with Crippen molar-refractivity contribution in [1.29, 1.82) is 0 Å². The first-order valence-electron chi connectivity index (χ1n) is 9.97. The van der Waals surface area contributed by atoms with Crippen molar-refractivity contribution < 1.29 is 23.0 Å². The molecule has 2 aromatic rings. The molecular weight excluding hydrogens is 392 g/mol. The summed E-state index contributed by atoms with van der Waals surface area (Å²) in [7, 11) is 1.52. The van der Waals surface area contributed by atoms with Crippen LogP contribution in [0.1, 0.15) is 23.6 Å². The van der Waals surface area contributed by atoms with Crippen LogP contribution >= 0.6 is 0 Å². The number of nitrogens with one attached hydrogen (secondary N) is 2. The number of nitrogens with zero attached hydrogens (tertiary/aromatic N) is 1. The Morgan fingerprint density at radius 2 is 2.07 bits per heavy atom. The summed E-state index contributed by atoms with van der Waals surface area (Å²) in [5, 5.41) is 6.45. The van der Waals surface area contributed by atoms with Gasteiger partial charge in [-0.15, -0.1) is 0 Å². The number of rotatable bonds is 9. The molecule has 0 aliphatic carbocycles. The SMILES string of the molecule is CCNC(=NCc1cc(OC)ccc1OC(F)F)NCCc1ccc2c(c1)CCO2. The molecule has 0 saturated carbocycles. The van der Waals surface area contributed by atoms with Crippen LogP contribution in [0, 0.1) is 0 Å². The van der Waals surface area contributed by atoms with Crippen molar-refractivity contribution in [1.82, 2.24) is 10.6 Å². The highest BCUT2D eigenvalue weighted by atomic mass is 19.3. The molecule has 30 heavy (non-hydrogen) atoms. The molecule has 0 amide bonds. The third kappa shape index (κ3) is 5.98. The molecule has 0 radical (unpaired) electrons. The fourth-order valence-corrected chi connectivity index (χ4v) is 3.24. The monoisotopic (exact) mass is 419 g/mol. The van der Waals surface area contributed by atoms with E-state index in [1.165, 1.54) is 24.3 Å². The van der Waals surface area contributed by atoms with E-state index in [1.54, 1.807) is 12.1 Å². The standard InChI is InChI=1S/C22H27F2N3O3/c1-3-25-22(26-10-8-15-4-6-19-16(12-15)9-11-29-19)27-14-17-13-18(28-2)5-7-20(17)30-21(23)24/h4-7,12-13,21H,3,8-11,14H2,1-2H3,(H2,25,26,27). The van der Waals surface area contributed by atoms with Gasteiger partial charge in [0.25, 0.3) is 0 Å². The van der Waals surface area contributed by atoms with Gasteiger partial charge < -0.3 is 24.8 Å². The Morgan fingerprint density at radius 1 is 1.20 bits per heavy atom. The van der Waals surface area contributed by atoms with Crippen LogP contribution in [0.4, 0.5) is 8.78 Å². The van der Waals surface area contributed by atoms with Crippen LogP contribution < -0.4 is 24.8 Å². The highest BCUT2D eigenvalue weighted by Gasteiger charge is 2.13. The van der Waals surface area contributed by atoms with Crippen molar-refractivity contribution in [2.24, 2.45) is 4.99 Å². The van der Waals surface area contributed by atoms with E-state index in [4.69, 9.17) is 9.47 Å². The van der Waals surface area contributed by atoms with E-state index >= 15 is 0 Å². The normalized spacial score (nSPS) is 13.0. The molecule has 0 spiro atoms. The summed E-state index contributed by atoms with van der Waals surface area (Å²) in [5.74, 6) is 2.22. The summed E-state index contributed by atoms with van der Waals surface area (Å²) in [6.07, 6.45) is 1.78. The van der Waals surface area contributed by atoms with Crippen molar-refractivity contribution in [3.8, 4) is 17.2 Å². The number of guanidine groups is 1.